The normalized spacial score (nSPS) is 24.0. The van der Waals surface area contributed by atoms with Gasteiger partial charge in [-0.3, -0.25) is 9.69 Å². The van der Waals surface area contributed by atoms with Crippen molar-refractivity contribution in [3.05, 3.63) is 24.5 Å². The summed E-state index contributed by atoms with van der Waals surface area (Å²) in [5.41, 5.74) is 2.25. The van der Waals surface area contributed by atoms with Crippen molar-refractivity contribution >= 4 is 28.3 Å². The van der Waals surface area contributed by atoms with E-state index >= 15 is 0 Å². The van der Waals surface area contributed by atoms with Crippen molar-refractivity contribution in [3.63, 3.8) is 0 Å². The van der Waals surface area contributed by atoms with Gasteiger partial charge >= 0.3 is 0 Å². The number of fused-ring (bicyclic) bond motifs is 1. The van der Waals surface area contributed by atoms with Crippen LogP contribution >= 0.6 is 0 Å². The van der Waals surface area contributed by atoms with Crippen molar-refractivity contribution in [1.29, 1.82) is 0 Å². The molecule has 1 aromatic heterocycles. The number of hydrogen-bond acceptors (Lipinski definition) is 6. The quantitative estimate of drug-likeness (QED) is 0.806. The molecule has 3 saturated heterocycles. The van der Waals surface area contributed by atoms with Gasteiger partial charge in [-0.2, -0.15) is 0 Å². The van der Waals surface area contributed by atoms with Gasteiger partial charge in [0.1, 0.15) is 12.1 Å². The van der Waals surface area contributed by atoms with Crippen molar-refractivity contribution < 1.29 is 4.79 Å². The molecule has 0 radical (unpaired) electrons. The molecule has 1 atom stereocenters. The van der Waals surface area contributed by atoms with Crippen LogP contribution in [0, 0.1) is 0 Å². The van der Waals surface area contributed by atoms with Gasteiger partial charge in [0.15, 0.2) is 0 Å². The van der Waals surface area contributed by atoms with Gasteiger partial charge in [-0.15, -0.1) is 0 Å². The van der Waals surface area contributed by atoms with Gasteiger partial charge in [0.05, 0.1) is 11.6 Å². The highest BCUT2D eigenvalue weighted by molar-refractivity contribution is 5.92. The number of piperazine rings is 1. The first-order valence-corrected chi connectivity index (χ1v) is 10.4. The molecule has 0 bridgehead atoms. The molecular formula is C21H28N6O. The molecule has 5 rings (SSSR count). The van der Waals surface area contributed by atoms with E-state index in [2.05, 4.69) is 42.9 Å². The summed E-state index contributed by atoms with van der Waals surface area (Å²) in [6, 6.07) is 6.63. The molecular weight excluding hydrogens is 352 g/mol. The average molecular weight is 380 g/mol. The van der Waals surface area contributed by atoms with Crippen LogP contribution in [0.1, 0.15) is 19.3 Å². The zero-order valence-electron chi connectivity index (χ0n) is 16.5. The number of carbonyl (C=O) groups excluding carboxylic acids is 1. The Hall–Kier alpha value is -2.41. The molecule has 3 aliphatic rings. The van der Waals surface area contributed by atoms with E-state index in [4.69, 9.17) is 0 Å². The predicted molar refractivity (Wildman–Crippen MR) is 111 cm³/mol. The zero-order chi connectivity index (χ0) is 19.1. The highest BCUT2D eigenvalue weighted by Gasteiger charge is 2.35. The Balaban J connectivity index is 1.34. The summed E-state index contributed by atoms with van der Waals surface area (Å²) in [6.45, 7) is 6.82. The molecule has 28 heavy (non-hydrogen) atoms. The molecule has 7 heteroatoms. The molecule has 0 saturated carbocycles. The number of likely N-dealkylation sites (N-methyl/N-ethyl adjacent to an activating group) is 1. The van der Waals surface area contributed by atoms with Crippen LogP contribution in [-0.2, 0) is 4.79 Å². The summed E-state index contributed by atoms with van der Waals surface area (Å²) in [5, 5.41) is 1.15. The van der Waals surface area contributed by atoms with E-state index in [-0.39, 0.29) is 11.9 Å². The maximum absolute atomic E-state index is 12.3. The third-order valence-electron chi connectivity index (χ3n) is 6.52. The van der Waals surface area contributed by atoms with Crippen molar-refractivity contribution in [2.24, 2.45) is 0 Å². The lowest BCUT2D eigenvalue weighted by Crippen LogP contribution is -2.52. The topological polar surface area (TPSA) is 55.8 Å². The lowest BCUT2D eigenvalue weighted by Gasteiger charge is -2.38. The summed E-state index contributed by atoms with van der Waals surface area (Å²) < 4.78 is 0. The molecule has 1 aromatic carbocycles. The Morgan fingerprint density at radius 1 is 0.929 bits per heavy atom. The van der Waals surface area contributed by atoms with Gasteiger partial charge in [0.2, 0.25) is 5.91 Å². The number of carbonyl (C=O) groups is 1. The fraction of sp³-hybridized carbons (Fsp3) is 0.571. The van der Waals surface area contributed by atoms with Crippen LogP contribution in [0.15, 0.2) is 24.5 Å². The van der Waals surface area contributed by atoms with E-state index in [1.165, 1.54) is 18.5 Å². The second kappa shape index (κ2) is 7.20. The SMILES string of the molecule is CN1CCC(N2CCN(c3ccc4ncnc(N5CCCC5)c4c3)CC2)C1=O. The molecule has 1 unspecified atom stereocenters. The van der Waals surface area contributed by atoms with Crippen LogP contribution in [0.4, 0.5) is 11.5 Å². The lowest BCUT2D eigenvalue weighted by molar-refractivity contribution is -0.131. The minimum absolute atomic E-state index is 0.0823. The van der Waals surface area contributed by atoms with E-state index in [1.807, 2.05) is 11.9 Å². The highest BCUT2D eigenvalue weighted by atomic mass is 16.2. The van der Waals surface area contributed by atoms with Crippen LogP contribution in [0.3, 0.4) is 0 Å². The van der Waals surface area contributed by atoms with Crippen molar-refractivity contribution in [1.82, 2.24) is 19.8 Å². The van der Waals surface area contributed by atoms with Crippen LogP contribution in [0.2, 0.25) is 0 Å². The summed E-state index contributed by atoms with van der Waals surface area (Å²) >= 11 is 0. The Morgan fingerprint density at radius 3 is 2.43 bits per heavy atom. The van der Waals surface area contributed by atoms with Crippen LogP contribution < -0.4 is 9.80 Å². The van der Waals surface area contributed by atoms with Crippen molar-refractivity contribution in [2.75, 3.05) is 62.7 Å². The molecule has 2 aromatic rings. The first-order chi connectivity index (χ1) is 13.7. The fourth-order valence-electron chi connectivity index (χ4n) is 4.84. The zero-order valence-corrected chi connectivity index (χ0v) is 16.5. The maximum atomic E-state index is 12.3. The minimum Gasteiger partial charge on any atom is -0.369 e. The van der Waals surface area contributed by atoms with Crippen molar-refractivity contribution in [2.45, 2.75) is 25.3 Å². The van der Waals surface area contributed by atoms with Gasteiger partial charge in [-0.05, 0) is 37.5 Å². The minimum atomic E-state index is 0.0823. The predicted octanol–water partition coefficient (Wildman–Crippen LogP) is 1.58. The molecule has 0 N–H and O–H groups in total. The smallest absolute Gasteiger partial charge is 0.239 e. The lowest BCUT2D eigenvalue weighted by atomic mass is 10.1. The maximum Gasteiger partial charge on any atom is 0.239 e. The molecule has 148 valence electrons. The Kier molecular flexibility index (Phi) is 4.55. The van der Waals surface area contributed by atoms with E-state index in [9.17, 15) is 4.79 Å². The van der Waals surface area contributed by atoms with Gasteiger partial charge < -0.3 is 14.7 Å². The number of anilines is 2. The molecule has 7 nitrogen and oxygen atoms in total. The monoisotopic (exact) mass is 380 g/mol. The Labute approximate surface area is 165 Å². The van der Waals surface area contributed by atoms with Gasteiger partial charge in [0, 0.05) is 63.9 Å². The Morgan fingerprint density at radius 2 is 1.71 bits per heavy atom. The molecule has 0 spiro atoms. The van der Waals surface area contributed by atoms with Crippen LogP contribution in [-0.4, -0.2) is 84.6 Å². The number of likely N-dealkylation sites (tertiary alicyclic amines) is 1. The second-order valence-corrected chi connectivity index (χ2v) is 8.18. The number of amides is 1. The molecule has 3 aliphatic heterocycles. The second-order valence-electron chi connectivity index (χ2n) is 8.18. The summed E-state index contributed by atoms with van der Waals surface area (Å²) in [4.78, 5) is 30.4. The van der Waals surface area contributed by atoms with E-state index in [0.29, 0.717) is 0 Å². The van der Waals surface area contributed by atoms with E-state index < -0.39 is 0 Å². The first-order valence-electron chi connectivity index (χ1n) is 10.4. The standard InChI is InChI=1S/C21H28N6O/c1-24-9-6-19(21(24)28)26-12-10-25(11-13-26)16-4-5-18-17(14-16)20(23-15-22-18)27-7-2-3-8-27/h4-5,14-15,19H,2-3,6-13H2,1H3. The summed E-state index contributed by atoms with van der Waals surface area (Å²) in [7, 11) is 1.91. The number of rotatable bonds is 3. The molecule has 1 amide bonds. The van der Waals surface area contributed by atoms with E-state index in [1.54, 1.807) is 6.33 Å². The highest BCUT2D eigenvalue weighted by Crippen LogP contribution is 2.30. The van der Waals surface area contributed by atoms with Crippen molar-refractivity contribution in [3.8, 4) is 0 Å². The van der Waals surface area contributed by atoms with Gasteiger partial charge in [0.25, 0.3) is 0 Å². The van der Waals surface area contributed by atoms with E-state index in [0.717, 1.165) is 69.0 Å². The third-order valence-corrected chi connectivity index (χ3v) is 6.52. The largest absolute Gasteiger partial charge is 0.369 e. The van der Waals surface area contributed by atoms with Gasteiger partial charge in [-0.1, -0.05) is 0 Å². The average Bonchev–Trinajstić information content (AvgIpc) is 3.38. The van der Waals surface area contributed by atoms with Crippen LogP contribution in [0.5, 0.6) is 0 Å². The number of aromatic nitrogens is 2. The van der Waals surface area contributed by atoms with Crippen LogP contribution in [0.25, 0.3) is 10.9 Å². The number of benzene rings is 1. The summed E-state index contributed by atoms with van der Waals surface area (Å²) in [5.74, 6) is 1.36. The summed E-state index contributed by atoms with van der Waals surface area (Å²) in [6.07, 6.45) is 5.12. The first kappa shape index (κ1) is 17.7. The van der Waals surface area contributed by atoms with Gasteiger partial charge in [-0.25, -0.2) is 9.97 Å². The molecule has 0 aliphatic carbocycles. The molecule has 3 fully saturated rings. The fourth-order valence-corrected chi connectivity index (χ4v) is 4.84. The third kappa shape index (κ3) is 3.07. The number of hydrogen-bond donors (Lipinski definition) is 0. The molecule has 4 heterocycles. The number of nitrogens with zero attached hydrogens (tertiary/aromatic N) is 6. The Bertz CT molecular complexity index is 872.